The van der Waals surface area contributed by atoms with Crippen LogP contribution in [0.1, 0.15) is 59.3 Å². The Hall–Kier alpha value is -0.570. The van der Waals surface area contributed by atoms with Gasteiger partial charge in [-0.25, -0.2) is 0 Å². The number of hydrogen-bond donors (Lipinski definition) is 1. The molecule has 0 spiro atoms. The first-order valence-corrected chi connectivity index (χ1v) is 6.39. The highest BCUT2D eigenvalue weighted by molar-refractivity contribution is 5.70. The van der Waals surface area contributed by atoms with E-state index in [1.165, 1.54) is 32.8 Å². The molecule has 0 saturated carbocycles. The summed E-state index contributed by atoms with van der Waals surface area (Å²) in [5.41, 5.74) is -0.102. The Balaban J connectivity index is 4.05. The van der Waals surface area contributed by atoms with Crippen molar-refractivity contribution < 1.29 is 9.53 Å². The molecule has 0 aliphatic rings. The van der Waals surface area contributed by atoms with Gasteiger partial charge in [0.05, 0.1) is 13.5 Å². The van der Waals surface area contributed by atoms with Gasteiger partial charge in [-0.15, -0.1) is 0 Å². The van der Waals surface area contributed by atoms with Crippen molar-refractivity contribution in [3.8, 4) is 0 Å². The number of carbonyl (C=O) groups is 1. The fraction of sp³-hybridized carbons (Fsp3) is 0.923. The molecule has 0 amide bonds. The zero-order valence-electron chi connectivity index (χ0n) is 11.3. The van der Waals surface area contributed by atoms with Crippen LogP contribution < -0.4 is 5.32 Å². The van der Waals surface area contributed by atoms with Gasteiger partial charge in [0.1, 0.15) is 0 Å². The summed E-state index contributed by atoms with van der Waals surface area (Å²) in [4.78, 5) is 11.3. The maximum Gasteiger partial charge on any atom is 0.307 e. The van der Waals surface area contributed by atoms with Gasteiger partial charge in [-0.2, -0.15) is 0 Å². The number of ether oxygens (including phenoxy) is 1. The number of unbranched alkanes of at least 4 members (excludes halogenated alkanes) is 3. The average Bonchev–Trinajstić information content (AvgIpc) is 2.24. The highest BCUT2D eigenvalue weighted by Crippen LogP contribution is 2.19. The second-order valence-corrected chi connectivity index (χ2v) is 4.65. The van der Waals surface area contributed by atoms with E-state index in [4.69, 9.17) is 4.74 Å². The molecule has 0 rings (SSSR count). The molecule has 0 aromatic heterocycles. The number of hydrogen-bond acceptors (Lipinski definition) is 3. The molecule has 0 heterocycles. The first-order valence-electron chi connectivity index (χ1n) is 6.39. The standard InChI is InChI=1S/C13H27NO2/c1-5-7-8-9-10-13(3,14-6-2)11-12(15)16-4/h14H,5-11H2,1-4H3. The van der Waals surface area contributed by atoms with Crippen LogP contribution in [0.3, 0.4) is 0 Å². The molecule has 0 aromatic rings. The van der Waals surface area contributed by atoms with Crippen LogP contribution in [0.15, 0.2) is 0 Å². The topological polar surface area (TPSA) is 38.3 Å². The summed E-state index contributed by atoms with van der Waals surface area (Å²) < 4.78 is 4.74. The molecule has 1 unspecified atom stereocenters. The summed E-state index contributed by atoms with van der Waals surface area (Å²) in [5, 5.41) is 3.40. The van der Waals surface area contributed by atoms with Gasteiger partial charge in [0.2, 0.25) is 0 Å². The Kier molecular flexibility index (Phi) is 8.26. The van der Waals surface area contributed by atoms with Crippen molar-refractivity contribution in [3.05, 3.63) is 0 Å². The lowest BCUT2D eigenvalue weighted by molar-refractivity contribution is -0.142. The summed E-state index contributed by atoms with van der Waals surface area (Å²) in [7, 11) is 1.45. The number of rotatable bonds is 9. The van der Waals surface area contributed by atoms with Gasteiger partial charge in [-0.1, -0.05) is 39.5 Å². The van der Waals surface area contributed by atoms with Crippen molar-refractivity contribution in [3.63, 3.8) is 0 Å². The van der Waals surface area contributed by atoms with E-state index in [-0.39, 0.29) is 11.5 Å². The Bertz CT molecular complexity index is 194. The normalized spacial score (nSPS) is 14.5. The monoisotopic (exact) mass is 229 g/mol. The molecule has 96 valence electrons. The minimum absolute atomic E-state index is 0.102. The summed E-state index contributed by atoms with van der Waals surface area (Å²) in [6.45, 7) is 7.28. The van der Waals surface area contributed by atoms with Crippen molar-refractivity contribution in [2.24, 2.45) is 0 Å². The predicted molar refractivity (Wildman–Crippen MR) is 67.5 cm³/mol. The van der Waals surface area contributed by atoms with Crippen LogP contribution in [0.4, 0.5) is 0 Å². The Morgan fingerprint density at radius 1 is 1.25 bits per heavy atom. The van der Waals surface area contributed by atoms with Crippen LogP contribution in [0, 0.1) is 0 Å². The van der Waals surface area contributed by atoms with E-state index in [9.17, 15) is 4.79 Å². The molecule has 0 aliphatic heterocycles. The average molecular weight is 229 g/mol. The molecule has 3 nitrogen and oxygen atoms in total. The Morgan fingerprint density at radius 3 is 2.44 bits per heavy atom. The van der Waals surface area contributed by atoms with Gasteiger partial charge in [-0.05, 0) is 19.9 Å². The molecular weight excluding hydrogens is 202 g/mol. The van der Waals surface area contributed by atoms with Gasteiger partial charge < -0.3 is 10.1 Å². The van der Waals surface area contributed by atoms with Gasteiger partial charge in [0.15, 0.2) is 0 Å². The first-order chi connectivity index (χ1) is 7.58. The van der Waals surface area contributed by atoms with Gasteiger partial charge in [0, 0.05) is 5.54 Å². The van der Waals surface area contributed by atoms with Crippen LogP contribution in [0.5, 0.6) is 0 Å². The Labute approximate surface area is 99.9 Å². The van der Waals surface area contributed by atoms with Crippen molar-refractivity contribution in [1.82, 2.24) is 5.32 Å². The van der Waals surface area contributed by atoms with E-state index in [0.717, 1.165) is 13.0 Å². The summed E-state index contributed by atoms with van der Waals surface area (Å²) in [6.07, 6.45) is 6.45. The minimum Gasteiger partial charge on any atom is -0.469 e. The largest absolute Gasteiger partial charge is 0.469 e. The molecule has 0 saturated heterocycles. The lowest BCUT2D eigenvalue weighted by Gasteiger charge is -2.29. The van der Waals surface area contributed by atoms with Crippen molar-refractivity contribution in [1.29, 1.82) is 0 Å². The molecular formula is C13H27NO2. The van der Waals surface area contributed by atoms with Crippen LogP contribution >= 0.6 is 0 Å². The quantitative estimate of drug-likeness (QED) is 0.488. The van der Waals surface area contributed by atoms with E-state index >= 15 is 0 Å². The third-order valence-corrected chi connectivity index (χ3v) is 2.95. The molecule has 0 bridgehead atoms. The smallest absolute Gasteiger partial charge is 0.307 e. The number of carbonyl (C=O) groups excluding carboxylic acids is 1. The van der Waals surface area contributed by atoms with Crippen molar-refractivity contribution in [2.75, 3.05) is 13.7 Å². The number of nitrogens with one attached hydrogen (secondary N) is 1. The molecule has 1 atom stereocenters. The molecule has 1 N–H and O–H groups in total. The van der Waals surface area contributed by atoms with Crippen molar-refractivity contribution in [2.45, 2.75) is 64.8 Å². The second kappa shape index (κ2) is 8.57. The van der Waals surface area contributed by atoms with Gasteiger partial charge in [0.25, 0.3) is 0 Å². The zero-order chi connectivity index (χ0) is 12.4. The van der Waals surface area contributed by atoms with Gasteiger partial charge >= 0.3 is 5.97 Å². The first kappa shape index (κ1) is 15.4. The fourth-order valence-electron chi connectivity index (χ4n) is 2.00. The lowest BCUT2D eigenvalue weighted by Crippen LogP contribution is -2.44. The van der Waals surface area contributed by atoms with E-state index in [1.54, 1.807) is 0 Å². The van der Waals surface area contributed by atoms with Gasteiger partial charge in [-0.3, -0.25) is 4.79 Å². The second-order valence-electron chi connectivity index (χ2n) is 4.65. The predicted octanol–water partition coefficient (Wildman–Crippen LogP) is 2.89. The zero-order valence-corrected chi connectivity index (χ0v) is 11.3. The van der Waals surface area contributed by atoms with E-state index in [0.29, 0.717) is 6.42 Å². The lowest BCUT2D eigenvalue weighted by atomic mass is 9.90. The van der Waals surface area contributed by atoms with E-state index in [2.05, 4.69) is 26.1 Å². The molecule has 0 aliphatic carbocycles. The number of methoxy groups -OCH3 is 1. The SMILES string of the molecule is CCCCCCC(C)(CC(=O)OC)NCC. The van der Waals surface area contributed by atoms with Crippen LogP contribution in [0.25, 0.3) is 0 Å². The fourth-order valence-corrected chi connectivity index (χ4v) is 2.00. The van der Waals surface area contributed by atoms with Crippen molar-refractivity contribution >= 4 is 5.97 Å². The molecule has 0 aromatic carbocycles. The summed E-state index contributed by atoms with van der Waals surface area (Å²) >= 11 is 0. The molecule has 0 fully saturated rings. The maximum absolute atomic E-state index is 11.3. The highest BCUT2D eigenvalue weighted by Gasteiger charge is 2.26. The summed E-state index contributed by atoms with van der Waals surface area (Å²) in [6, 6.07) is 0. The third-order valence-electron chi connectivity index (χ3n) is 2.95. The molecule has 16 heavy (non-hydrogen) atoms. The number of esters is 1. The molecule has 3 heteroatoms. The van der Waals surface area contributed by atoms with Crippen LogP contribution in [0.2, 0.25) is 0 Å². The minimum atomic E-state index is -0.126. The summed E-state index contributed by atoms with van der Waals surface area (Å²) in [5.74, 6) is -0.126. The highest BCUT2D eigenvalue weighted by atomic mass is 16.5. The van der Waals surface area contributed by atoms with E-state index < -0.39 is 0 Å². The maximum atomic E-state index is 11.3. The van der Waals surface area contributed by atoms with E-state index in [1.807, 2.05) is 0 Å². The van der Waals surface area contributed by atoms with Crippen LogP contribution in [-0.2, 0) is 9.53 Å². The molecule has 0 radical (unpaired) electrons. The van der Waals surface area contributed by atoms with Crippen LogP contribution in [-0.4, -0.2) is 25.2 Å². The third kappa shape index (κ3) is 6.83. The Morgan fingerprint density at radius 2 is 1.94 bits per heavy atom.